The molecule has 0 aromatic heterocycles. The number of phenols is 1. The topological polar surface area (TPSA) is 180 Å². The molecule has 1 aromatic rings. The molecule has 3 atom stereocenters. The fourth-order valence-electron chi connectivity index (χ4n) is 2.28. The molecule has 8 N–H and O–H groups in total. The maximum atomic E-state index is 10.5. The van der Waals surface area contributed by atoms with Crippen molar-refractivity contribution >= 4 is 5.97 Å². The van der Waals surface area contributed by atoms with Crippen LogP contribution in [-0.2, 0) is 16.1 Å². The Bertz CT molecular complexity index is 727. The van der Waals surface area contributed by atoms with E-state index >= 15 is 0 Å². The SMILES string of the molecule is CC(C)(C)NC[C@H](O)c1ccc(O)c(CO)c1.O=C1O[C@H]([C@@H](O)CO)C(O)=C1O. The number of benzene rings is 1. The molecule has 2 rings (SSSR count). The number of hydrogen-bond acceptors (Lipinski definition) is 10. The van der Waals surface area contributed by atoms with Gasteiger partial charge in [0.25, 0.3) is 0 Å². The summed E-state index contributed by atoms with van der Waals surface area (Å²) in [4.78, 5) is 10.5. The molecule has 1 aliphatic heterocycles. The Morgan fingerprint density at radius 3 is 2.21 bits per heavy atom. The highest BCUT2D eigenvalue weighted by Gasteiger charge is 2.38. The predicted octanol–water partition coefficient (Wildman–Crippen LogP) is -0.101. The average molecular weight is 415 g/mol. The molecule has 0 radical (unpaired) electrons. The molecular weight excluding hydrogens is 386 g/mol. The van der Waals surface area contributed by atoms with E-state index < -0.39 is 42.4 Å². The first-order valence-corrected chi connectivity index (χ1v) is 8.89. The van der Waals surface area contributed by atoms with Crippen LogP contribution in [0.25, 0.3) is 0 Å². The summed E-state index contributed by atoms with van der Waals surface area (Å²) in [6.45, 7) is 5.59. The second kappa shape index (κ2) is 10.4. The number of aromatic hydroxyl groups is 1. The maximum absolute atomic E-state index is 10.5. The third-order valence-corrected chi connectivity index (χ3v) is 3.96. The quantitative estimate of drug-likeness (QED) is 0.292. The highest BCUT2D eigenvalue weighted by molar-refractivity contribution is 5.89. The number of aliphatic hydroxyl groups is 6. The van der Waals surface area contributed by atoms with Crippen molar-refractivity contribution in [1.29, 1.82) is 0 Å². The Balaban J connectivity index is 0.000000308. The van der Waals surface area contributed by atoms with E-state index in [0.29, 0.717) is 17.7 Å². The predicted molar refractivity (Wildman–Crippen MR) is 102 cm³/mol. The van der Waals surface area contributed by atoms with Crippen molar-refractivity contribution in [2.45, 2.75) is 51.2 Å². The van der Waals surface area contributed by atoms with Gasteiger partial charge < -0.3 is 45.8 Å². The van der Waals surface area contributed by atoms with Crippen LogP contribution in [0.4, 0.5) is 0 Å². The summed E-state index contributed by atoms with van der Waals surface area (Å²) in [5.41, 5.74) is 1.05. The van der Waals surface area contributed by atoms with Crippen LogP contribution in [0, 0.1) is 0 Å². The lowest BCUT2D eigenvalue weighted by molar-refractivity contribution is -0.147. The lowest BCUT2D eigenvalue weighted by atomic mass is 10.0. The van der Waals surface area contributed by atoms with Gasteiger partial charge in [-0.1, -0.05) is 6.07 Å². The molecule has 0 saturated carbocycles. The van der Waals surface area contributed by atoms with Gasteiger partial charge in [0, 0.05) is 17.6 Å². The zero-order chi connectivity index (χ0) is 22.4. The molecule has 0 aliphatic carbocycles. The lowest BCUT2D eigenvalue weighted by Crippen LogP contribution is -2.38. The van der Waals surface area contributed by atoms with E-state index in [-0.39, 0.29) is 17.9 Å². The molecule has 0 bridgehead atoms. The highest BCUT2D eigenvalue weighted by Crippen LogP contribution is 2.23. The molecule has 1 heterocycles. The summed E-state index contributed by atoms with van der Waals surface area (Å²) in [7, 11) is 0. The second-order valence-corrected chi connectivity index (χ2v) is 7.50. The van der Waals surface area contributed by atoms with Crippen LogP contribution in [0.5, 0.6) is 5.75 Å². The number of carbonyl (C=O) groups excluding carboxylic acids is 1. The second-order valence-electron chi connectivity index (χ2n) is 7.50. The number of esters is 1. The molecule has 0 fully saturated rings. The van der Waals surface area contributed by atoms with Gasteiger partial charge in [0.05, 0.1) is 19.3 Å². The Hall–Kier alpha value is -2.37. The summed E-state index contributed by atoms with van der Waals surface area (Å²) in [6.07, 6.45) is -3.43. The minimum Gasteiger partial charge on any atom is -0.508 e. The Morgan fingerprint density at radius 1 is 1.14 bits per heavy atom. The van der Waals surface area contributed by atoms with Crippen molar-refractivity contribution in [3.05, 3.63) is 40.8 Å². The summed E-state index contributed by atoms with van der Waals surface area (Å²) in [6, 6.07) is 4.76. The van der Waals surface area contributed by atoms with Gasteiger partial charge in [0.2, 0.25) is 5.76 Å². The highest BCUT2D eigenvalue weighted by atomic mass is 16.6. The standard InChI is InChI=1S/C13H21NO3.C6H8O6/c1-13(2,3)14-7-12(17)9-4-5-11(16)10(6-9)8-15;7-1-2(8)5-3(9)4(10)6(11)12-5/h4-6,12,14-17H,7-8H2,1-3H3;2,5,7-10H,1H2/t12-;2-,5+/m00/s1. The molecule has 164 valence electrons. The van der Waals surface area contributed by atoms with Gasteiger partial charge in [0.1, 0.15) is 11.9 Å². The van der Waals surface area contributed by atoms with E-state index in [2.05, 4.69) is 10.1 Å². The largest absolute Gasteiger partial charge is 0.508 e. The molecular formula is C19H29NO9. The monoisotopic (exact) mass is 415 g/mol. The first kappa shape index (κ1) is 24.7. The zero-order valence-corrected chi connectivity index (χ0v) is 16.5. The van der Waals surface area contributed by atoms with Gasteiger partial charge in [-0.2, -0.15) is 0 Å². The summed E-state index contributed by atoms with van der Waals surface area (Å²) < 4.78 is 4.32. The number of ether oxygens (including phenoxy) is 1. The van der Waals surface area contributed by atoms with Gasteiger partial charge in [-0.25, -0.2) is 4.79 Å². The third kappa shape index (κ3) is 7.18. The molecule has 0 amide bonds. The molecule has 1 aliphatic rings. The molecule has 1 aromatic carbocycles. The Labute approximate surface area is 168 Å². The molecule has 29 heavy (non-hydrogen) atoms. The van der Waals surface area contributed by atoms with Crippen LogP contribution in [0.15, 0.2) is 29.7 Å². The van der Waals surface area contributed by atoms with Crippen molar-refractivity contribution in [2.75, 3.05) is 13.2 Å². The first-order valence-electron chi connectivity index (χ1n) is 8.89. The van der Waals surface area contributed by atoms with E-state index in [1.165, 1.54) is 6.07 Å². The normalized spacial score (nSPS) is 18.7. The fourth-order valence-corrected chi connectivity index (χ4v) is 2.28. The number of hydrogen-bond donors (Lipinski definition) is 8. The minimum atomic E-state index is -1.42. The number of rotatable bonds is 6. The molecule has 10 nitrogen and oxygen atoms in total. The van der Waals surface area contributed by atoms with Crippen LogP contribution in [0.1, 0.15) is 38.0 Å². The van der Waals surface area contributed by atoms with Crippen LogP contribution in [0.2, 0.25) is 0 Å². The Kier molecular flexibility index (Phi) is 8.86. The number of β-amino-alcohol motifs (C(OH)–C–C–N with tert-alkyl or cyclic N) is 1. The van der Waals surface area contributed by atoms with Gasteiger partial charge in [-0.05, 0) is 38.5 Å². The Morgan fingerprint density at radius 2 is 1.76 bits per heavy atom. The third-order valence-electron chi connectivity index (χ3n) is 3.96. The van der Waals surface area contributed by atoms with Crippen LogP contribution in [0.3, 0.4) is 0 Å². The maximum Gasteiger partial charge on any atom is 0.377 e. The van der Waals surface area contributed by atoms with Crippen molar-refractivity contribution < 1.29 is 45.3 Å². The van der Waals surface area contributed by atoms with Crippen LogP contribution >= 0.6 is 0 Å². The van der Waals surface area contributed by atoms with Gasteiger partial charge in [-0.15, -0.1) is 0 Å². The minimum absolute atomic E-state index is 0.0484. The zero-order valence-electron chi connectivity index (χ0n) is 16.5. The molecule has 0 unspecified atom stereocenters. The number of nitrogens with one attached hydrogen (secondary N) is 1. The summed E-state index contributed by atoms with van der Waals surface area (Å²) in [5, 5.41) is 66.7. The summed E-state index contributed by atoms with van der Waals surface area (Å²) >= 11 is 0. The fraction of sp³-hybridized carbons (Fsp3) is 0.526. The first-order chi connectivity index (χ1) is 13.4. The smallest absolute Gasteiger partial charge is 0.377 e. The number of carbonyl (C=O) groups is 1. The van der Waals surface area contributed by atoms with E-state index in [1.807, 2.05) is 20.8 Å². The van der Waals surface area contributed by atoms with Crippen molar-refractivity contribution in [2.24, 2.45) is 0 Å². The van der Waals surface area contributed by atoms with Crippen LogP contribution < -0.4 is 5.32 Å². The van der Waals surface area contributed by atoms with Crippen molar-refractivity contribution in [1.82, 2.24) is 5.32 Å². The average Bonchev–Trinajstić information content (AvgIpc) is 2.93. The molecule has 10 heteroatoms. The van der Waals surface area contributed by atoms with E-state index in [9.17, 15) is 15.0 Å². The van der Waals surface area contributed by atoms with E-state index in [4.69, 9.17) is 25.5 Å². The van der Waals surface area contributed by atoms with Gasteiger partial charge in [0.15, 0.2) is 11.9 Å². The molecule has 0 saturated heterocycles. The van der Waals surface area contributed by atoms with Crippen LogP contribution in [-0.4, -0.2) is 72.6 Å². The number of cyclic esters (lactones) is 1. The van der Waals surface area contributed by atoms with E-state index in [1.54, 1.807) is 12.1 Å². The molecule has 0 spiro atoms. The lowest BCUT2D eigenvalue weighted by Gasteiger charge is -2.23. The van der Waals surface area contributed by atoms with Crippen molar-refractivity contribution in [3.8, 4) is 5.75 Å². The van der Waals surface area contributed by atoms with Gasteiger partial charge >= 0.3 is 5.97 Å². The van der Waals surface area contributed by atoms with E-state index in [0.717, 1.165) is 0 Å². The van der Waals surface area contributed by atoms with Gasteiger partial charge in [-0.3, -0.25) is 0 Å². The summed E-state index contributed by atoms with van der Waals surface area (Å²) in [5.74, 6) is -2.73. The number of aliphatic hydroxyl groups excluding tert-OH is 6. The van der Waals surface area contributed by atoms with Crippen molar-refractivity contribution in [3.63, 3.8) is 0 Å².